The zero-order chi connectivity index (χ0) is 14.2. The lowest BCUT2D eigenvalue weighted by molar-refractivity contribution is -0.116. The topological polar surface area (TPSA) is 21.3 Å². The Morgan fingerprint density at radius 2 is 2.00 bits per heavy atom. The van der Waals surface area contributed by atoms with E-state index < -0.39 is 0 Å². The second kappa shape index (κ2) is 5.50. The molecule has 0 bridgehead atoms. The summed E-state index contributed by atoms with van der Waals surface area (Å²) >= 11 is 0. The van der Waals surface area contributed by atoms with Gasteiger partial charge in [0.25, 0.3) is 0 Å². The first-order chi connectivity index (χ1) is 9.61. The SMILES string of the molecule is CCOC1CC(NC2CCc3ccccc3C2)C1(C)C. The molecule has 1 saturated carbocycles. The van der Waals surface area contributed by atoms with Gasteiger partial charge in [-0.05, 0) is 43.7 Å². The summed E-state index contributed by atoms with van der Waals surface area (Å²) in [7, 11) is 0. The van der Waals surface area contributed by atoms with Crippen molar-refractivity contribution in [1.29, 1.82) is 0 Å². The van der Waals surface area contributed by atoms with Gasteiger partial charge in [0.05, 0.1) is 6.10 Å². The smallest absolute Gasteiger partial charge is 0.0655 e. The fourth-order valence-electron chi connectivity index (χ4n) is 3.78. The van der Waals surface area contributed by atoms with E-state index in [9.17, 15) is 0 Å². The number of benzene rings is 1. The summed E-state index contributed by atoms with van der Waals surface area (Å²) in [4.78, 5) is 0. The molecule has 2 heteroatoms. The van der Waals surface area contributed by atoms with E-state index in [0.717, 1.165) is 6.61 Å². The summed E-state index contributed by atoms with van der Waals surface area (Å²) in [6.07, 6.45) is 5.26. The van der Waals surface area contributed by atoms with Gasteiger partial charge >= 0.3 is 0 Å². The molecule has 110 valence electrons. The van der Waals surface area contributed by atoms with Crippen LogP contribution in [-0.4, -0.2) is 24.8 Å². The number of hydrogen-bond acceptors (Lipinski definition) is 2. The van der Waals surface area contributed by atoms with Gasteiger partial charge in [0.2, 0.25) is 0 Å². The van der Waals surface area contributed by atoms with E-state index in [0.29, 0.717) is 18.2 Å². The molecule has 3 unspecified atom stereocenters. The molecule has 3 rings (SSSR count). The van der Waals surface area contributed by atoms with Crippen molar-refractivity contribution >= 4 is 0 Å². The minimum absolute atomic E-state index is 0.271. The lowest BCUT2D eigenvalue weighted by Gasteiger charge is -2.53. The molecule has 0 heterocycles. The molecule has 0 aromatic heterocycles. The summed E-state index contributed by atoms with van der Waals surface area (Å²) in [5.74, 6) is 0. The Balaban J connectivity index is 1.58. The predicted octanol–water partition coefficient (Wildman–Crippen LogP) is 3.34. The molecule has 0 aliphatic heterocycles. The first-order valence-electron chi connectivity index (χ1n) is 8.05. The van der Waals surface area contributed by atoms with Crippen LogP contribution in [0.15, 0.2) is 24.3 Å². The number of ether oxygens (including phenoxy) is 1. The third-order valence-electron chi connectivity index (χ3n) is 5.33. The Morgan fingerprint density at radius 1 is 1.25 bits per heavy atom. The van der Waals surface area contributed by atoms with Crippen molar-refractivity contribution in [1.82, 2.24) is 5.32 Å². The van der Waals surface area contributed by atoms with Gasteiger partial charge in [-0.25, -0.2) is 0 Å². The average molecular weight is 273 g/mol. The fraction of sp³-hybridized carbons (Fsp3) is 0.667. The largest absolute Gasteiger partial charge is 0.378 e. The van der Waals surface area contributed by atoms with E-state index in [1.165, 1.54) is 31.2 Å². The molecular formula is C18H27NO. The van der Waals surface area contributed by atoms with E-state index in [1.807, 2.05) is 0 Å². The third kappa shape index (κ3) is 2.51. The van der Waals surface area contributed by atoms with Gasteiger partial charge in [-0.2, -0.15) is 0 Å². The van der Waals surface area contributed by atoms with E-state index in [-0.39, 0.29) is 5.41 Å². The zero-order valence-corrected chi connectivity index (χ0v) is 13.0. The zero-order valence-electron chi connectivity index (χ0n) is 13.0. The van der Waals surface area contributed by atoms with Crippen molar-refractivity contribution in [3.8, 4) is 0 Å². The quantitative estimate of drug-likeness (QED) is 0.908. The second-order valence-electron chi connectivity index (χ2n) is 6.93. The number of hydrogen-bond donors (Lipinski definition) is 1. The highest BCUT2D eigenvalue weighted by Gasteiger charge is 2.49. The lowest BCUT2D eigenvalue weighted by Crippen LogP contribution is -2.63. The summed E-state index contributed by atoms with van der Waals surface area (Å²) < 4.78 is 5.83. The Hall–Kier alpha value is -0.860. The average Bonchev–Trinajstić information content (AvgIpc) is 2.46. The van der Waals surface area contributed by atoms with Crippen LogP contribution in [0.25, 0.3) is 0 Å². The molecule has 1 aromatic carbocycles. The normalized spacial score (nSPS) is 31.4. The molecule has 0 saturated heterocycles. The molecule has 2 aliphatic rings. The fourth-order valence-corrected chi connectivity index (χ4v) is 3.78. The number of nitrogens with one attached hydrogen (secondary N) is 1. The van der Waals surface area contributed by atoms with Gasteiger partial charge in [-0.1, -0.05) is 38.1 Å². The lowest BCUT2D eigenvalue weighted by atomic mass is 9.64. The summed E-state index contributed by atoms with van der Waals surface area (Å²) in [6.45, 7) is 7.60. The molecule has 0 amide bonds. The van der Waals surface area contributed by atoms with Crippen molar-refractivity contribution in [2.24, 2.45) is 5.41 Å². The van der Waals surface area contributed by atoms with E-state index in [2.05, 4.69) is 50.4 Å². The maximum atomic E-state index is 5.83. The van der Waals surface area contributed by atoms with Crippen molar-refractivity contribution < 1.29 is 4.74 Å². The Bertz CT molecular complexity index is 468. The summed E-state index contributed by atoms with van der Waals surface area (Å²) in [5, 5.41) is 3.89. The molecule has 20 heavy (non-hydrogen) atoms. The first kappa shape index (κ1) is 14.1. The van der Waals surface area contributed by atoms with E-state index >= 15 is 0 Å². The van der Waals surface area contributed by atoms with Gasteiger partial charge in [-0.15, -0.1) is 0 Å². The van der Waals surface area contributed by atoms with E-state index in [4.69, 9.17) is 4.74 Å². The highest BCUT2D eigenvalue weighted by atomic mass is 16.5. The van der Waals surface area contributed by atoms with E-state index in [1.54, 1.807) is 5.56 Å². The predicted molar refractivity (Wildman–Crippen MR) is 83.0 cm³/mol. The summed E-state index contributed by atoms with van der Waals surface area (Å²) in [5.41, 5.74) is 3.35. The number of rotatable bonds is 4. The Labute approximate surface area is 122 Å². The number of aryl methyl sites for hydroxylation is 1. The van der Waals surface area contributed by atoms with Gasteiger partial charge in [0, 0.05) is 24.1 Å². The van der Waals surface area contributed by atoms with Crippen molar-refractivity contribution in [2.45, 2.75) is 64.6 Å². The minimum atomic E-state index is 0.271. The monoisotopic (exact) mass is 273 g/mol. The first-order valence-corrected chi connectivity index (χ1v) is 8.05. The van der Waals surface area contributed by atoms with Crippen molar-refractivity contribution in [3.05, 3.63) is 35.4 Å². The molecule has 0 spiro atoms. The van der Waals surface area contributed by atoms with Crippen molar-refractivity contribution in [3.63, 3.8) is 0 Å². The molecule has 0 radical (unpaired) electrons. The molecule has 1 fully saturated rings. The number of fused-ring (bicyclic) bond motifs is 1. The van der Waals surface area contributed by atoms with Crippen LogP contribution >= 0.6 is 0 Å². The molecule has 1 N–H and O–H groups in total. The van der Waals surface area contributed by atoms with Crippen LogP contribution in [0, 0.1) is 5.41 Å². The maximum Gasteiger partial charge on any atom is 0.0655 e. The third-order valence-corrected chi connectivity index (χ3v) is 5.33. The minimum Gasteiger partial charge on any atom is -0.378 e. The maximum absolute atomic E-state index is 5.83. The Kier molecular flexibility index (Phi) is 3.87. The van der Waals surface area contributed by atoms with Crippen LogP contribution < -0.4 is 5.32 Å². The highest BCUT2D eigenvalue weighted by molar-refractivity contribution is 5.30. The van der Waals surface area contributed by atoms with Gasteiger partial charge in [0.1, 0.15) is 0 Å². The molecule has 3 atom stereocenters. The van der Waals surface area contributed by atoms with Gasteiger partial charge < -0.3 is 10.1 Å². The second-order valence-corrected chi connectivity index (χ2v) is 6.93. The van der Waals surface area contributed by atoms with Crippen molar-refractivity contribution in [2.75, 3.05) is 6.61 Å². The van der Waals surface area contributed by atoms with Crippen LogP contribution in [0.4, 0.5) is 0 Å². The molecule has 1 aromatic rings. The molecule has 2 nitrogen and oxygen atoms in total. The molecule has 2 aliphatic carbocycles. The standard InChI is InChI=1S/C18H27NO/c1-4-20-17-12-16(18(17,2)3)19-15-10-9-13-7-5-6-8-14(13)11-15/h5-8,15-17,19H,4,9-12H2,1-3H3. The molecular weight excluding hydrogens is 246 g/mol. The Morgan fingerprint density at radius 3 is 2.70 bits per heavy atom. The van der Waals surface area contributed by atoms with Crippen LogP contribution in [0.1, 0.15) is 44.7 Å². The van der Waals surface area contributed by atoms with Crippen LogP contribution in [0.3, 0.4) is 0 Å². The van der Waals surface area contributed by atoms with Crippen LogP contribution in [0.2, 0.25) is 0 Å². The van der Waals surface area contributed by atoms with Gasteiger partial charge in [-0.3, -0.25) is 0 Å². The summed E-state index contributed by atoms with van der Waals surface area (Å²) in [6, 6.07) is 10.1. The van der Waals surface area contributed by atoms with Crippen LogP contribution in [0.5, 0.6) is 0 Å². The highest BCUT2D eigenvalue weighted by Crippen LogP contribution is 2.43. The van der Waals surface area contributed by atoms with Crippen LogP contribution in [-0.2, 0) is 17.6 Å². The van der Waals surface area contributed by atoms with Gasteiger partial charge in [0.15, 0.2) is 0 Å².